The first-order chi connectivity index (χ1) is 5.25. The summed E-state index contributed by atoms with van der Waals surface area (Å²) < 4.78 is 2.01. The Bertz CT molecular complexity index is 283. The van der Waals surface area contributed by atoms with Gasteiger partial charge in [-0.3, -0.25) is 0 Å². The van der Waals surface area contributed by atoms with E-state index in [0.29, 0.717) is 6.17 Å². The molecule has 58 valence electrons. The van der Waals surface area contributed by atoms with Crippen molar-refractivity contribution in [1.82, 2.24) is 0 Å². The van der Waals surface area contributed by atoms with Crippen LogP contribution in [0.4, 0.5) is 5.82 Å². The van der Waals surface area contributed by atoms with E-state index < -0.39 is 0 Å². The highest BCUT2D eigenvalue weighted by atomic mass is 15.5. The van der Waals surface area contributed by atoms with E-state index in [1.54, 1.807) is 0 Å². The van der Waals surface area contributed by atoms with E-state index >= 15 is 0 Å². The van der Waals surface area contributed by atoms with Crippen LogP contribution in [0.1, 0.15) is 12.5 Å². The quantitative estimate of drug-likeness (QED) is 0.530. The first kappa shape index (κ1) is 6.46. The van der Waals surface area contributed by atoms with Gasteiger partial charge in [0.25, 0.3) is 5.82 Å². The van der Waals surface area contributed by atoms with E-state index in [2.05, 4.69) is 42.9 Å². The maximum Gasteiger partial charge on any atom is 0.299 e. The van der Waals surface area contributed by atoms with Crippen molar-refractivity contribution in [2.45, 2.75) is 20.0 Å². The number of hydrogen-bond donors (Lipinski definition) is 2. The van der Waals surface area contributed by atoms with E-state index in [0.717, 1.165) is 5.82 Å². The summed E-state index contributed by atoms with van der Waals surface area (Å²) in [5.74, 6) is 1.13. The van der Waals surface area contributed by atoms with Crippen LogP contribution >= 0.6 is 0 Å². The number of nitrogens with zero attached hydrogens (tertiary/aromatic N) is 1. The molecule has 0 aliphatic carbocycles. The summed E-state index contributed by atoms with van der Waals surface area (Å²) in [6, 6.07) is 4.17. The Morgan fingerprint density at radius 2 is 2.27 bits per heavy atom. The molecule has 3 heteroatoms. The second kappa shape index (κ2) is 2.12. The SMILES string of the molecule is Cc1ccc2[n+](c1)NC(C)N2. The minimum absolute atomic E-state index is 0.330. The van der Waals surface area contributed by atoms with Crippen molar-refractivity contribution in [3.63, 3.8) is 0 Å². The molecule has 11 heavy (non-hydrogen) atoms. The molecule has 0 saturated heterocycles. The van der Waals surface area contributed by atoms with Crippen molar-refractivity contribution in [2.75, 3.05) is 10.7 Å². The first-order valence-corrected chi connectivity index (χ1v) is 3.81. The number of rotatable bonds is 0. The molecular formula is C8H12N3+. The van der Waals surface area contributed by atoms with Gasteiger partial charge in [0.1, 0.15) is 6.20 Å². The summed E-state index contributed by atoms with van der Waals surface area (Å²) in [5, 5.41) is 3.28. The third-order valence-corrected chi connectivity index (χ3v) is 1.79. The number of pyridine rings is 1. The fourth-order valence-electron chi connectivity index (χ4n) is 1.29. The predicted octanol–water partition coefficient (Wildman–Crippen LogP) is 0.598. The second-order valence-electron chi connectivity index (χ2n) is 2.96. The van der Waals surface area contributed by atoms with Gasteiger partial charge in [0.2, 0.25) is 0 Å². The third-order valence-electron chi connectivity index (χ3n) is 1.79. The van der Waals surface area contributed by atoms with E-state index in [9.17, 15) is 0 Å². The fourth-order valence-corrected chi connectivity index (χ4v) is 1.29. The summed E-state index contributed by atoms with van der Waals surface area (Å²) in [6.07, 6.45) is 2.41. The fraction of sp³-hybridized carbons (Fsp3) is 0.375. The lowest BCUT2D eigenvalue weighted by Gasteiger charge is -1.95. The molecule has 0 amide bonds. The summed E-state index contributed by atoms with van der Waals surface area (Å²) in [7, 11) is 0. The minimum atomic E-state index is 0.330. The normalized spacial score (nSPS) is 20.4. The van der Waals surface area contributed by atoms with Gasteiger partial charge in [0.15, 0.2) is 6.17 Å². The Kier molecular flexibility index (Phi) is 1.24. The van der Waals surface area contributed by atoms with Gasteiger partial charge in [-0.1, -0.05) is 0 Å². The van der Waals surface area contributed by atoms with Crippen molar-refractivity contribution in [2.24, 2.45) is 0 Å². The number of fused-ring (bicyclic) bond motifs is 1. The van der Waals surface area contributed by atoms with Gasteiger partial charge in [-0.15, -0.1) is 4.68 Å². The average molecular weight is 150 g/mol. The van der Waals surface area contributed by atoms with Crippen LogP contribution < -0.4 is 15.4 Å². The van der Waals surface area contributed by atoms with Crippen LogP contribution in [0.25, 0.3) is 0 Å². The minimum Gasteiger partial charge on any atom is -0.249 e. The predicted molar refractivity (Wildman–Crippen MR) is 43.8 cm³/mol. The molecule has 0 bridgehead atoms. The Balaban J connectivity index is 2.43. The number of anilines is 1. The molecule has 1 unspecified atom stereocenters. The van der Waals surface area contributed by atoms with Gasteiger partial charge in [0.05, 0.1) is 0 Å². The molecule has 2 rings (SSSR count). The van der Waals surface area contributed by atoms with E-state index in [4.69, 9.17) is 0 Å². The lowest BCUT2D eigenvalue weighted by atomic mass is 10.3. The van der Waals surface area contributed by atoms with Crippen LogP contribution in [0.3, 0.4) is 0 Å². The highest BCUT2D eigenvalue weighted by molar-refractivity contribution is 5.33. The van der Waals surface area contributed by atoms with Crippen molar-refractivity contribution < 1.29 is 4.68 Å². The zero-order valence-electron chi connectivity index (χ0n) is 6.76. The monoisotopic (exact) mass is 150 g/mol. The molecular weight excluding hydrogens is 138 g/mol. The van der Waals surface area contributed by atoms with Gasteiger partial charge in [-0.25, -0.2) is 10.7 Å². The lowest BCUT2D eigenvalue weighted by molar-refractivity contribution is -0.628. The number of aromatic nitrogens is 1. The maximum atomic E-state index is 3.28. The van der Waals surface area contributed by atoms with Crippen LogP contribution in [0.2, 0.25) is 0 Å². The molecule has 0 aromatic carbocycles. The highest BCUT2D eigenvalue weighted by Crippen LogP contribution is 2.06. The average Bonchev–Trinajstić information content (AvgIpc) is 2.27. The van der Waals surface area contributed by atoms with Crippen molar-refractivity contribution in [3.05, 3.63) is 23.9 Å². The van der Waals surface area contributed by atoms with Crippen LogP contribution in [0, 0.1) is 6.92 Å². The maximum absolute atomic E-state index is 3.28. The van der Waals surface area contributed by atoms with Crippen LogP contribution in [-0.2, 0) is 0 Å². The topological polar surface area (TPSA) is 27.9 Å². The standard InChI is InChI=1S/C8H11N3/c1-6-3-4-8-9-7(2)10-11(8)5-6/h3-5,7,10H,1-2H3/p+1. The number of aryl methyl sites for hydroxylation is 1. The molecule has 2 N–H and O–H groups in total. The Labute approximate surface area is 66.0 Å². The van der Waals surface area contributed by atoms with Crippen LogP contribution in [0.15, 0.2) is 18.3 Å². The number of hydrogen-bond acceptors (Lipinski definition) is 2. The van der Waals surface area contributed by atoms with Gasteiger partial charge in [-0.05, 0) is 25.5 Å². The zero-order chi connectivity index (χ0) is 7.84. The molecule has 0 radical (unpaired) electrons. The summed E-state index contributed by atoms with van der Waals surface area (Å²) in [6.45, 7) is 4.17. The highest BCUT2D eigenvalue weighted by Gasteiger charge is 2.21. The van der Waals surface area contributed by atoms with E-state index in [1.165, 1.54) is 5.56 Å². The molecule has 1 atom stereocenters. The molecule has 0 saturated carbocycles. The van der Waals surface area contributed by atoms with Crippen molar-refractivity contribution in [1.29, 1.82) is 0 Å². The molecule has 0 fully saturated rings. The molecule has 1 aromatic heterocycles. The lowest BCUT2D eigenvalue weighted by Crippen LogP contribution is -2.43. The molecule has 2 heterocycles. The van der Waals surface area contributed by atoms with Gasteiger partial charge < -0.3 is 0 Å². The summed E-state index contributed by atoms with van der Waals surface area (Å²) in [4.78, 5) is 0. The van der Waals surface area contributed by atoms with Crippen LogP contribution in [-0.4, -0.2) is 6.17 Å². The second-order valence-corrected chi connectivity index (χ2v) is 2.96. The van der Waals surface area contributed by atoms with E-state index in [1.807, 2.05) is 4.68 Å². The smallest absolute Gasteiger partial charge is 0.249 e. The van der Waals surface area contributed by atoms with Gasteiger partial charge in [-0.2, -0.15) is 0 Å². The summed E-state index contributed by atoms with van der Waals surface area (Å²) >= 11 is 0. The van der Waals surface area contributed by atoms with E-state index in [-0.39, 0.29) is 0 Å². The summed E-state index contributed by atoms with van der Waals surface area (Å²) in [5.41, 5.74) is 4.50. The molecule has 3 nitrogen and oxygen atoms in total. The Hall–Kier alpha value is -1.25. The first-order valence-electron chi connectivity index (χ1n) is 3.81. The van der Waals surface area contributed by atoms with Gasteiger partial charge in [0, 0.05) is 6.07 Å². The van der Waals surface area contributed by atoms with Gasteiger partial charge >= 0.3 is 0 Å². The van der Waals surface area contributed by atoms with Crippen molar-refractivity contribution in [3.8, 4) is 0 Å². The van der Waals surface area contributed by atoms with Crippen molar-refractivity contribution >= 4 is 5.82 Å². The molecule has 1 aliphatic heterocycles. The Morgan fingerprint density at radius 3 is 3.09 bits per heavy atom. The molecule has 0 spiro atoms. The van der Waals surface area contributed by atoms with Crippen LogP contribution in [0.5, 0.6) is 0 Å². The molecule has 1 aliphatic rings. The third kappa shape index (κ3) is 1.02. The largest absolute Gasteiger partial charge is 0.299 e. The zero-order valence-corrected chi connectivity index (χ0v) is 6.76. The number of nitrogens with one attached hydrogen (secondary N) is 2. The molecule has 1 aromatic rings. The Morgan fingerprint density at radius 1 is 1.45 bits per heavy atom.